The average Bonchev–Trinajstić information content (AvgIpc) is 3.39. The molecule has 0 bridgehead atoms. The number of amides is 2. The summed E-state index contributed by atoms with van der Waals surface area (Å²) in [5, 5.41) is 12.1. The normalized spacial score (nSPS) is 20.3. The summed E-state index contributed by atoms with van der Waals surface area (Å²) in [6.07, 6.45) is 8.15. The lowest BCUT2D eigenvalue weighted by Crippen LogP contribution is -2.45. The second-order valence-corrected chi connectivity index (χ2v) is 7.89. The molecule has 8 nitrogen and oxygen atoms in total. The first-order chi connectivity index (χ1) is 13.1. The number of nitrogens with zero attached hydrogens (tertiary/aromatic N) is 6. The van der Waals surface area contributed by atoms with Crippen molar-refractivity contribution in [1.82, 2.24) is 34.7 Å². The van der Waals surface area contributed by atoms with Crippen molar-refractivity contribution < 1.29 is 4.79 Å². The minimum absolute atomic E-state index is 0.0524. The third-order valence-electron chi connectivity index (χ3n) is 5.43. The van der Waals surface area contributed by atoms with Crippen LogP contribution in [0.3, 0.4) is 0 Å². The monoisotopic (exact) mass is 371 g/mol. The third-order valence-corrected chi connectivity index (χ3v) is 5.43. The van der Waals surface area contributed by atoms with Crippen molar-refractivity contribution in [3.8, 4) is 0 Å². The zero-order valence-corrected chi connectivity index (χ0v) is 16.2. The molecule has 27 heavy (non-hydrogen) atoms. The fraction of sp³-hybridized carbons (Fsp3) is 0.632. The van der Waals surface area contributed by atoms with Crippen LogP contribution in [0.15, 0.2) is 24.7 Å². The maximum Gasteiger partial charge on any atom is 0.317 e. The summed E-state index contributed by atoms with van der Waals surface area (Å²) in [6, 6.07) is 2.64. The molecule has 0 saturated carbocycles. The highest BCUT2D eigenvalue weighted by Gasteiger charge is 2.27. The van der Waals surface area contributed by atoms with E-state index in [1.54, 1.807) is 0 Å². The molecule has 4 rings (SSSR count). The highest BCUT2D eigenvalue weighted by atomic mass is 16.2. The van der Waals surface area contributed by atoms with Crippen LogP contribution in [0.2, 0.25) is 0 Å². The van der Waals surface area contributed by atoms with Crippen molar-refractivity contribution in [3.63, 3.8) is 0 Å². The van der Waals surface area contributed by atoms with Crippen molar-refractivity contribution in [2.45, 2.75) is 51.9 Å². The lowest BCUT2D eigenvalue weighted by atomic mass is 10.1. The second kappa shape index (κ2) is 7.72. The summed E-state index contributed by atoms with van der Waals surface area (Å²) < 4.78 is 4.07. The molecule has 0 aliphatic carbocycles. The number of carbonyl (C=O) groups is 1. The van der Waals surface area contributed by atoms with E-state index in [-0.39, 0.29) is 12.1 Å². The number of hydrogen-bond donors (Lipinski definition) is 1. The number of likely N-dealkylation sites (tertiary alicyclic amines) is 1. The summed E-state index contributed by atoms with van der Waals surface area (Å²) in [5.41, 5.74) is 2.41. The van der Waals surface area contributed by atoms with Crippen molar-refractivity contribution in [3.05, 3.63) is 35.9 Å². The lowest BCUT2D eigenvalue weighted by Gasteiger charge is -2.34. The van der Waals surface area contributed by atoms with E-state index in [2.05, 4.69) is 51.2 Å². The quantitative estimate of drug-likeness (QED) is 0.873. The zero-order chi connectivity index (χ0) is 18.8. The van der Waals surface area contributed by atoms with Gasteiger partial charge in [0.15, 0.2) is 0 Å². The van der Waals surface area contributed by atoms with Gasteiger partial charge in [0.1, 0.15) is 0 Å². The highest BCUT2D eigenvalue weighted by molar-refractivity contribution is 5.74. The topological polar surface area (TPSA) is 71.2 Å². The van der Waals surface area contributed by atoms with E-state index in [0.717, 1.165) is 45.6 Å². The fourth-order valence-electron chi connectivity index (χ4n) is 3.97. The molecule has 8 heteroatoms. The molecule has 2 aromatic heterocycles. The Morgan fingerprint density at radius 1 is 1.30 bits per heavy atom. The van der Waals surface area contributed by atoms with Crippen LogP contribution in [-0.2, 0) is 13.1 Å². The number of hydrogen-bond acceptors (Lipinski definition) is 4. The van der Waals surface area contributed by atoms with Gasteiger partial charge in [-0.25, -0.2) is 4.79 Å². The number of rotatable bonds is 5. The molecule has 1 fully saturated rings. The number of urea groups is 1. The molecule has 1 unspecified atom stereocenters. The molecule has 0 aromatic carbocycles. The van der Waals surface area contributed by atoms with Crippen LogP contribution in [0.4, 0.5) is 4.79 Å². The first-order valence-corrected chi connectivity index (χ1v) is 9.90. The van der Waals surface area contributed by atoms with Crippen LogP contribution < -0.4 is 5.32 Å². The van der Waals surface area contributed by atoms with Gasteiger partial charge in [0, 0.05) is 63.3 Å². The Morgan fingerprint density at radius 2 is 2.11 bits per heavy atom. The predicted molar refractivity (Wildman–Crippen MR) is 102 cm³/mol. The van der Waals surface area contributed by atoms with E-state index >= 15 is 0 Å². The summed E-state index contributed by atoms with van der Waals surface area (Å²) in [5.74, 6) is 0. The summed E-state index contributed by atoms with van der Waals surface area (Å²) >= 11 is 0. The van der Waals surface area contributed by atoms with Gasteiger partial charge in [-0.15, -0.1) is 0 Å². The standard InChI is InChI=1S/C19H29N7O/c1-15(2)25-12-16(9-22-25)11-23-13-17-5-6-21-26(17)18(14-23)10-20-19(27)24-7-3-4-8-24/h5-6,9,12,15,18H,3-4,7-8,10-11,13-14H2,1-2H3,(H,20,27). The molecule has 2 aromatic rings. The number of carbonyl (C=O) groups excluding carboxylic acids is 1. The van der Waals surface area contributed by atoms with Gasteiger partial charge in [0.05, 0.1) is 17.9 Å². The second-order valence-electron chi connectivity index (χ2n) is 7.89. The maximum absolute atomic E-state index is 12.3. The molecule has 146 valence electrons. The molecular formula is C19H29N7O. The van der Waals surface area contributed by atoms with E-state index in [9.17, 15) is 4.79 Å². The van der Waals surface area contributed by atoms with Crippen LogP contribution in [0.1, 0.15) is 50.0 Å². The van der Waals surface area contributed by atoms with Crippen molar-refractivity contribution in [2.24, 2.45) is 0 Å². The van der Waals surface area contributed by atoms with Gasteiger partial charge < -0.3 is 10.2 Å². The van der Waals surface area contributed by atoms with Crippen molar-refractivity contribution in [2.75, 3.05) is 26.2 Å². The van der Waals surface area contributed by atoms with Crippen LogP contribution in [0.5, 0.6) is 0 Å². The van der Waals surface area contributed by atoms with E-state index < -0.39 is 0 Å². The highest BCUT2D eigenvalue weighted by Crippen LogP contribution is 2.22. The summed E-state index contributed by atoms with van der Waals surface area (Å²) in [4.78, 5) is 16.7. The van der Waals surface area contributed by atoms with Crippen LogP contribution >= 0.6 is 0 Å². The molecule has 2 aliphatic rings. The summed E-state index contributed by atoms with van der Waals surface area (Å²) in [6.45, 7) is 9.20. The first-order valence-electron chi connectivity index (χ1n) is 9.90. The van der Waals surface area contributed by atoms with Gasteiger partial charge in [-0.3, -0.25) is 14.3 Å². The third kappa shape index (κ3) is 4.00. The van der Waals surface area contributed by atoms with Gasteiger partial charge in [-0.05, 0) is 32.8 Å². The largest absolute Gasteiger partial charge is 0.336 e. The van der Waals surface area contributed by atoms with E-state index in [4.69, 9.17) is 0 Å². The van der Waals surface area contributed by atoms with Gasteiger partial charge in [-0.1, -0.05) is 0 Å². The Bertz CT molecular complexity index is 775. The number of aromatic nitrogens is 4. The molecule has 1 N–H and O–H groups in total. The minimum Gasteiger partial charge on any atom is -0.336 e. The lowest BCUT2D eigenvalue weighted by molar-refractivity contribution is 0.161. The Kier molecular flexibility index (Phi) is 5.15. The zero-order valence-electron chi connectivity index (χ0n) is 16.2. The number of fused-ring (bicyclic) bond motifs is 1. The molecular weight excluding hydrogens is 342 g/mol. The van der Waals surface area contributed by atoms with Gasteiger partial charge in [-0.2, -0.15) is 10.2 Å². The Balaban J connectivity index is 1.40. The number of nitrogens with one attached hydrogen (secondary N) is 1. The van der Waals surface area contributed by atoms with E-state index in [1.165, 1.54) is 11.3 Å². The Morgan fingerprint density at radius 3 is 2.85 bits per heavy atom. The van der Waals surface area contributed by atoms with Crippen LogP contribution in [-0.4, -0.2) is 61.6 Å². The first kappa shape index (κ1) is 18.0. The smallest absolute Gasteiger partial charge is 0.317 e. The van der Waals surface area contributed by atoms with E-state index in [1.807, 2.05) is 22.0 Å². The molecule has 0 radical (unpaired) electrons. The van der Waals surface area contributed by atoms with Crippen molar-refractivity contribution >= 4 is 6.03 Å². The predicted octanol–water partition coefficient (Wildman–Crippen LogP) is 2.02. The molecule has 0 spiro atoms. The molecule has 2 amide bonds. The summed E-state index contributed by atoms with van der Waals surface area (Å²) in [7, 11) is 0. The van der Waals surface area contributed by atoms with Gasteiger partial charge in [0.25, 0.3) is 0 Å². The van der Waals surface area contributed by atoms with Gasteiger partial charge >= 0.3 is 6.03 Å². The maximum atomic E-state index is 12.3. The minimum atomic E-state index is 0.0524. The van der Waals surface area contributed by atoms with Crippen molar-refractivity contribution in [1.29, 1.82) is 0 Å². The Labute approximate surface area is 160 Å². The molecule has 4 heterocycles. The SMILES string of the molecule is CC(C)n1cc(CN2Cc3ccnn3C(CNC(=O)N3CCCC3)C2)cn1. The molecule has 2 aliphatic heterocycles. The Hall–Kier alpha value is -2.35. The molecule has 1 atom stereocenters. The van der Waals surface area contributed by atoms with Gasteiger partial charge in [0.2, 0.25) is 0 Å². The van der Waals surface area contributed by atoms with Crippen LogP contribution in [0.25, 0.3) is 0 Å². The van der Waals surface area contributed by atoms with E-state index in [0.29, 0.717) is 12.6 Å². The molecule has 1 saturated heterocycles. The fourth-order valence-corrected chi connectivity index (χ4v) is 3.97. The van der Waals surface area contributed by atoms with Crippen LogP contribution in [0, 0.1) is 0 Å². The average molecular weight is 371 g/mol.